The zero-order valence-electron chi connectivity index (χ0n) is 17.0. The van der Waals surface area contributed by atoms with Crippen LogP contribution in [0.2, 0.25) is 0 Å². The molecule has 1 saturated heterocycles. The summed E-state index contributed by atoms with van der Waals surface area (Å²) in [6, 6.07) is 8.80. The van der Waals surface area contributed by atoms with E-state index in [-0.39, 0.29) is 5.41 Å². The Hall–Kier alpha value is -2.09. The predicted octanol–water partition coefficient (Wildman–Crippen LogP) is 3.46. The summed E-state index contributed by atoms with van der Waals surface area (Å²) in [5, 5.41) is 10.9. The third kappa shape index (κ3) is 5.47. The maximum absolute atomic E-state index is 5.35. The van der Waals surface area contributed by atoms with E-state index in [1.807, 2.05) is 0 Å². The Bertz CT molecular complexity index is 796. The SMILES string of the molecule is CCNC(=NCc1noc(C(C)(C)C)n1)NC1CCN(c2ccc(Br)cc2)C1. The molecule has 1 aromatic heterocycles. The van der Waals surface area contributed by atoms with Crippen LogP contribution < -0.4 is 15.5 Å². The Kier molecular flexibility index (Phi) is 6.59. The Morgan fingerprint density at radius 2 is 2.07 bits per heavy atom. The van der Waals surface area contributed by atoms with Gasteiger partial charge in [0.25, 0.3) is 0 Å². The molecule has 1 atom stereocenters. The van der Waals surface area contributed by atoms with Crippen molar-refractivity contribution in [3.05, 3.63) is 40.5 Å². The monoisotopic (exact) mass is 448 g/mol. The second-order valence-electron chi connectivity index (χ2n) is 8.01. The summed E-state index contributed by atoms with van der Waals surface area (Å²) in [4.78, 5) is 11.5. The first-order chi connectivity index (χ1) is 13.3. The minimum absolute atomic E-state index is 0.155. The highest BCUT2D eigenvalue weighted by Crippen LogP contribution is 2.23. The van der Waals surface area contributed by atoms with Crippen molar-refractivity contribution in [2.24, 2.45) is 4.99 Å². The van der Waals surface area contributed by atoms with Crippen molar-refractivity contribution in [1.29, 1.82) is 0 Å². The van der Waals surface area contributed by atoms with Crippen molar-refractivity contribution in [3.63, 3.8) is 0 Å². The molecular weight excluding hydrogens is 420 g/mol. The Morgan fingerprint density at radius 1 is 1.32 bits per heavy atom. The van der Waals surface area contributed by atoms with Crippen LogP contribution >= 0.6 is 15.9 Å². The van der Waals surface area contributed by atoms with Gasteiger partial charge in [-0.2, -0.15) is 4.98 Å². The number of aromatic nitrogens is 2. The van der Waals surface area contributed by atoms with E-state index in [4.69, 9.17) is 4.52 Å². The van der Waals surface area contributed by atoms with Crippen molar-refractivity contribution in [2.45, 2.75) is 52.1 Å². The Balaban J connectivity index is 1.59. The molecule has 0 saturated carbocycles. The van der Waals surface area contributed by atoms with Gasteiger partial charge in [0, 0.05) is 41.3 Å². The van der Waals surface area contributed by atoms with E-state index in [1.54, 1.807) is 0 Å². The molecule has 7 nitrogen and oxygen atoms in total. The summed E-state index contributed by atoms with van der Waals surface area (Å²) in [5.41, 5.74) is 1.09. The van der Waals surface area contributed by atoms with Gasteiger partial charge in [0.05, 0.1) is 0 Å². The van der Waals surface area contributed by atoms with E-state index >= 15 is 0 Å². The third-order valence-corrected chi connectivity index (χ3v) is 5.08. The van der Waals surface area contributed by atoms with Crippen molar-refractivity contribution in [2.75, 3.05) is 24.5 Å². The van der Waals surface area contributed by atoms with Crippen molar-refractivity contribution < 1.29 is 4.52 Å². The normalized spacial score (nSPS) is 17.8. The molecule has 1 unspecified atom stereocenters. The van der Waals surface area contributed by atoms with E-state index in [9.17, 15) is 0 Å². The molecular formula is C20H29BrN6O. The molecule has 0 spiro atoms. The summed E-state index contributed by atoms with van der Waals surface area (Å²) in [6.07, 6.45) is 1.07. The maximum atomic E-state index is 5.35. The average molecular weight is 449 g/mol. The molecule has 2 aromatic rings. The topological polar surface area (TPSA) is 78.6 Å². The largest absolute Gasteiger partial charge is 0.369 e. The van der Waals surface area contributed by atoms with Gasteiger partial charge < -0.3 is 20.1 Å². The first kappa shape index (κ1) is 20.6. The lowest BCUT2D eigenvalue weighted by molar-refractivity contribution is 0.318. The number of hydrogen-bond donors (Lipinski definition) is 2. The van der Waals surface area contributed by atoms with Gasteiger partial charge in [0.1, 0.15) is 6.54 Å². The molecule has 0 radical (unpaired) electrons. The average Bonchev–Trinajstić information content (AvgIpc) is 3.30. The fourth-order valence-corrected chi connectivity index (χ4v) is 3.31. The maximum Gasteiger partial charge on any atom is 0.232 e. The first-order valence-corrected chi connectivity index (χ1v) is 10.5. The molecule has 0 bridgehead atoms. The lowest BCUT2D eigenvalue weighted by Crippen LogP contribution is -2.44. The van der Waals surface area contributed by atoms with Gasteiger partial charge in [-0.15, -0.1) is 0 Å². The molecule has 3 rings (SSSR count). The minimum atomic E-state index is -0.155. The second-order valence-corrected chi connectivity index (χ2v) is 8.93. The summed E-state index contributed by atoms with van der Waals surface area (Å²) in [7, 11) is 0. The van der Waals surface area contributed by atoms with Crippen molar-refractivity contribution >= 4 is 27.6 Å². The fourth-order valence-electron chi connectivity index (χ4n) is 3.05. The molecule has 2 N–H and O–H groups in total. The highest BCUT2D eigenvalue weighted by Gasteiger charge is 2.24. The van der Waals surface area contributed by atoms with Crippen LogP contribution in [0.5, 0.6) is 0 Å². The van der Waals surface area contributed by atoms with Crippen molar-refractivity contribution in [3.8, 4) is 0 Å². The number of nitrogens with zero attached hydrogens (tertiary/aromatic N) is 4. The van der Waals surface area contributed by atoms with Gasteiger partial charge >= 0.3 is 0 Å². The number of guanidine groups is 1. The fraction of sp³-hybridized carbons (Fsp3) is 0.550. The molecule has 8 heteroatoms. The van der Waals surface area contributed by atoms with Gasteiger partial charge in [-0.25, -0.2) is 4.99 Å². The van der Waals surface area contributed by atoms with Crippen LogP contribution in [0.4, 0.5) is 5.69 Å². The van der Waals surface area contributed by atoms with Crippen LogP contribution in [0, 0.1) is 0 Å². The van der Waals surface area contributed by atoms with Crippen LogP contribution in [-0.2, 0) is 12.0 Å². The number of halogens is 1. The number of aliphatic imine (C=N–C) groups is 1. The number of anilines is 1. The van der Waals surface area contributed by atoms with Crippen LogP contribution in [0.1, 0.15) is 45.8 Å². The standard InChI is InChI=1S/C20H29BrN6O/c1-5-22-19(23-12-17-25-18(28-26-17)20(2,3)4)24-15-10-11-27(13-15)16-8-6-14(21)7-9-16/h6-9,15H,5,10-13H2,1-4H3,(H2,22,23,24). The molecule has 1 aliphatic rings. The zero-order chi connectivity index (χ0) is 20.1. The highest BCUT2D eigenvalue weighted by atomic mass is 79.9. The van der Waals surface area contributed by atoms with Gasteiger partial charge in [-0.3, -0.25) is 0 Å². The van der Waals surface area contributed by atoms with Crippen molar-refractivity contribution in [1.82, 2.24) is 20.8 Å². The molecule has 0 amide bonds. The number of rotatable bonds is 5. The Labute approximate surface area is 175 Å². The third-order valence-electron chi connectivity index (χ3n) is 4.55. The van der Waals surface area contributed by atoms with Gasteiger partial charge in [-0.05, 0) is 37.6 Å². The van der Waals surface area contributed by atoms with E-state index < -0.39 is 0 Å². The summed E-state index contributed by atoms with van der Waals surface area (Å²) < 4.78 is 6.44. The number of nitrogens with one attached hydrogen (secondary N) is 2. The zero-order valence-corrected chi connectivity index (χ0v) is 18.6. The van der Waals surface area contributed by atoms with E-state index in [2.05, 4.69) is 98.6 Å². The van der Waals surface area contributed by atoms with Crippen LogP contribution in [0.15, 0.2) is 38.3 Å². The number of hydrogen-bond acceptors (Lipinski definition) is 5. The molecule has 1 aliphatic heterocycles. The van der Waals surface area contributed by atoms with E-state index in [0.29, 0.717) is 24.3 Å². The summed E-state index contributed by atoms with van der Waals surface area (Å²) >= 11 is 3.49. The lowest BCUT2D eigenvalue weighted by atomic mass is 9.97. The molecule has 152 valence electrons. The highest BCUT2D eigenvalue weighted by molar-refractivity contribution is 9.10. The van der Waals surface area contributed by atoms with Crippen LogP contribution in [0.3, 0.4) is 0 Å². The molecule has 2 heterocycles. The molecule has 0 aliphatic carbocycles. The molecule has 28 heavy (non-hydrogen) atoms. The lowest BCUT2D eigenvalue weighted by Gasteiger charge is -2.20. The quantitative estimate of drug-likeness (QED) is 0.538. The predicted molar refractivity (Wildman–Crippen MR) is 116 cm³/mol. The van der Waals surface area contributed by atoms with Gasteiger partial charge in [0.2, 0.25) is 5.89 Å². The van der Waals surface area contributed by atoms with Gasteiger partial charge in [-0.1, -0.05) is 41.9 Å². The number of benzene rings is 1. The molecule has 1 aromatic carbocycles. The summed E-state index contributed by atoms with van der Waals surface area (Å²) in [5.74, 6) is 2.02. The summed E-state index contributed by atoms with van der Waals surface area (Å²) in [6.45, 7) is 11.4. The molecule has 1 fully saturated rings. The van der Waals surface area contributed by atoms with Gasteiger partial charge in [0.15, 0.2) is 11.8 Å². The van der Waals surface area contributed by atoms with E-state index in [1.165, 1.54) is 5.69 Å². The van der Waals surface area contributed by atoms with Crippen LogP contribution in [-0.4, -0.2) is 41.8 Å². The van der Waals surface area contributed by atoms with E-state index in [0.717, 1.165) is 36.5 Å². The Morgan fingerprint density at radius 3 is 2.71 bits per heavy atom. The minimum Gasteiger partial charge on any atom is -0.369 e. The smallest absolute Gasteiger partial charge is 0.232 e. The van der Waals surface area contributed by atoms with Crippen LogP contribution in [0.25, 0.3) is 0 Å². The first-order valence-electron chi connectivity index (χ1n) is 9.73. The second kappa shape index (κ2) is 8.94.